The maximum atomic E-state index is 6.49. The van der Waals surface area contributed by atoms with Crippen LogP contribution in [0.3, 0.4) is 0 Å². The lowest BCUT2D eigenvalue weighted by Gasteiger charge is -2.09. The van der Waals surface area contributed by atoms with E-state index in [-0.39, 0.29) is 0 Å². The summed E-state index contributed by atoms with van der Waals surface area (Å²) in [5, 5.41) is 4.22. The van der Waals surface area contributed by atoms with Crippen molar-refractivity contribution in [1.29, 1.82) is 0 Å². The average molecular weight is 718 g/mol. The molecule has 0 unspecified atom stereocenters. The molecule has 0 spiro atoms. The fourth-order valence-corrected chi connectivity index (χ4v) is 7.66. The lowest BCUT2D eigenvalue weighted by Crippen LogP contribution is -2.00. The molecule has 0 amide bonds. The molecular formula is C51H31N3O2. The van der Waals surface area contributed by atoms with E-state index in [1.54, 1.807) is 0 Å². The van der Waals surface area contributed by atoms with Crippen LogP contribution in [0.2, 0.25) is 0 Å². The molecule has 8 aromatic carbocycles. The second-order valence-electron chi connectivity index (χ2n) is 14.0. The zero-order chi connectivity index (χ0) is 37.0. The second kappa shape index (κ2) is 13.0. The molecule has 0 fully saturated rings. The first-order chi connectivity index (χ1) is 27.7. The smallest absolute Gasteiger partial charge is 0.164 e. The van der Waals surface area contributed by atoms with Gasteiger partial charge in [-0.1, -0.05) is 140 Å². The van der Waals surface area contributed by atoms with Gasteiger partial charge in [0.1, 0.15) is 22.3 Å². The van der Waals surface area contributed by atoms with Crippen LogP contribution in [-0.2, 0) is 0 Å². The van der Waals surface area contributed by atoms with Gasteiger partial charge in [-0.2, -0.15) is 0 Å². The zero-order valence-electron chi connectivity index (χ0n) is 30.1. The Hall–Kier alpha value is -7.63. The van der Waals surface area contributed by atoms with Crippen LogP contribution in [0.5, 0.6) is 0 Å². The van der Waals surface area contributed by atoms with Crippen LogP contribution in [0.25, 0.3) is 111 Å². The van der Waals surface area contributed by atoms with Crippen molar-refractivity contribution in [2.24, 2.45) is 0 Å². The van der Waals surface area contributed by atoms with E-state index in [1.807, 2.05) is 30.3 Å². The highest BCUT2D eigenvalue weighted by Gasteiger charge is 2.17. The van der Waals surface area contributed by atoms with E-state index < -0.39 is 0 Å². The van der Waals surface area contributed by atoms with E-state index >= 15 is 0 Å². The number of aromatic nitrogens is 3. The van der Waals surface area contributed by atoms with Crippen molar-refractivity contribution < 1.29 is 8.83 Å². The van der Waals surface area contributed by atoms with Crippen LogP contribution in [0.15, 0.2) is 197 Å². The third-order valence-corrected chi connectivity index (χ3v) is 10.6. The zero-order valence-corrected chi connectivity index (χ0v) is 30.1. The maximum Gasteiger partial charge on any atom is 0.164 e. The number of benzene rings is 8. The summed E-state index contributed by atoms with van der Waals surface area (Å²) < 4.78 is 13.0. The van der Waals surface area contributed by atoms with E-state index in [9.17, 15) is 0 Å². The Morgan fingerprint density at radius 1 is 0.232 bits per heavy atom. The molecule has 0 N–H and O–H groups in total. The summed E-state index contributed by atoms with van der Waals surface area (Å²) in [6.07, 6.45) is 0. The van der Waals surface area contributed by atoms with Gasteiger partial charge in [0.2, 0.25) is 0 Å². The van der Waals surface area contributed by atoms with Gasteiger partial charge < -0.3 is 8.83 Å². The van der Waals surface area contributed by atoms with Crippen LogP contribution >= 0.6 is 0 Å². The minimum absolute atomic E-state index is 0.557. The van der Waals surface area contributed by atoms with Crippen molar-refractivity contribution in [3.63, 3.8) is 0 Å². The van der Waals surface area contributed by atoms with Crippen LogP contribution < -0.4 is 0 Å². The van der Waals surface area contributed by atoms with Crippen LogP contribution in [0.1, 0.15) is 0 Å². The van der Waals surface area contributed by atoms with Gasteiger partial charge in [0.05, 0.1) is 0 Å². The van der Waals surface area contributed by atoms with E-state index in [0.717, 1.165) is 93.9 Å². The molecule has 0 bridgehead atoms. The Kier molecular flexibility index (Phi) is 7.42. The number of nitrogens with zero attached hydrogens (tertiary/aromatic N) is 3. The first-order valence-electron chi connectivity index (χ1n) is 18.7. The van der Waals surface area contributed by atoms with Crippen LogP contribution in [0.4, 0.5) is 0 Å². The molecule has 56 heavy (non-hydrogen) atoms. The molecule has 5 heteroatoms. The van der Waals surface area contributed by atoms with Gasteiger partial charge in [-0.05, 0) is 81.9 Å². The van der Waals surface area contributed by atoms with Gasteiger partial charge in [-0.15, -0.1) is 0 Å². The largest absolute Gasteiger partial charge is 0.456 e. The molecule has 11 rings (SSSR count). The van der Waals surface area contributed by atoms with E-state index in [0.29, 0.717) is 17.5 Å². The third-order valence-electron chi connectivity index (χ3n) is 10.6. The van der Waals surface area contributed by atoms with Gasteiger partial charge in [0.15, 0.2) is 17.5 Å². The highest BCUT2D eigenvalue weighted by molar-refractivity contribution is 6.08. The summed E-state index contributed by atoms with van der Waals surface area (Å²) >= 11 is 0. The topological polar surface area (TPSA) is 65.0 Å². The Morgan fingerprint density at radius 3 is 0.893 bits per heavy atom. The number of fused-ring (bicyclic) bond motifs is 6. The Balaban J connectivity index is 1.03. The van der Waals surface area contributed by atoms with Gasteiger partial charge in [0, 0.05) is 38.2 Å². The van der Waals surface area contributed by atoms with Crippen molar-refractivity contribution in [1.82, 2.24) is 15.0 Å². The van der Waals surface area contributed by atoms with E-state index in [2.05, 4.69) is 158 Å². The molecule has 0 aliphatic rings. The summed E-state index contributed by atoms with van der Waals surface area (Å²) in [6.45, 7) is 0. The van der Waals surface area contributed by atoms with Crippen molar-refractivity contribution in [2.75, 3.05) is 0 Å². The summed E-state index contributed by atoms with van der Waals surface area (Å²) in [6, 6.07) is 64.6. The van der Waals surface area contributed by atoms with Gasteiger partial charge in [-0.3, -0.25) is 0 Å². The summed E-state index contributed by atoms with van der Waals surface area (Å²) in [7, 11) is 0. The highest BCUT2D eigenvalue weighted by Crippen LogP contribution is 2.37. The standard InChI is InChI=1S/C51H31N3O2/c1-4-10-32(11-5-1)35-16-18-36(19-17-35)49-52-50(39-22-26-43-41-24-20-37(33-12-6-2-7-13-33)28-45(41)55-47(43)30-39)54-51(53-49)40-23-27-44-42-25-21-38(34-14-8-3-9-15-34)29-46(42)56-48(44)31-40/h1-31H. The molecule has 0 aliphatic heterocycles. The molecule has 262 valence electrons. The first kappa shape index (κ1) is 31.9. The minimum Gasteiger partial charge on any atom is -0.456 e. The fourth-order valence-electron chi connectivity index (χ4n) is 7.66. The summed E-state index contributed by atoms with van der Waals surface area (Å²) in [5.74, 6) is 1.70. The predicted molar refractivity (Wildman–Crippen MR) is 227 cm³/mol. The Bertz CT molecular complexity index is 3050. The van der Waals surface area contributed by atoms with E-state index in [4.69, 9.17) is 23.8 Å². The van der Waals surface area contributed by atoms with Crippen molar-refractivity contribution in [3.05, 3.63) is 188 Å². The normalized spacial score (nSPS) is 11.6. The van der Waals surface area contributed by atoms with Gasteiger partial charge in [0.25, 0.3) is 0 Å². The fraction of sp³-hybridized carbons (Fsp3) is 0. The van der Waals surface area contributed by atoms with Gasteiger partial charge >= 0.3 is 0 Å². The van der Waals surface area contributed by atoms with Crippen LogP contribution in [0, 0.1) is 0 Å². The molecule has 3 aromatic heterocycles. The summed E-state index contributed by atoms with van der Waals surface area (Å²) in [5.41, 5.74) is 12.6. The first-order valence-corrected chi connectivity index (χ1v) is 18.7. The van der Waals surface area contributed by atoms with Crippen molar-refractivity contribution >= 4 is 43.9 Å². The predicted octanol–water partition coefficient (Wildman–Crippen LogP) is 13.7. The molecule has 3 heterocycles. The lowest BCUT2D eigenvalue weighted by atomic mass is 10.0. The Labute approximate surface area is 322 Å². The molecule has 0 saturated carbocycles. The molecular weight excluding hydrogens is 687 g/mol. The molecule has 11 aromatic rings. The van der Waals surface area contributed by atoms with Crippen LogP contribution in [-0.4, -0.2) is 15.0 Å². The van der Waals surface area contributed by atoms with Crippen molar-refractivity contribution in [3.8, 4) is 67.5 Å². The van der Waals surface area contributed by atoms with E-state index in [1.165, 1.54) is 0 Å². The molecule has 0 atom stereocenters. The molecule has 0 saturated heterocycles. The SMILES string of the molecule is c1ccc(-c2ccc(-c3nc(-c4ccc5c(c4)oc4cc(-c6ccccc6)ccc45)nc(-c4ccc5c(c4)oc4cc(-c6ccccc6)ccc45)n3)cc2)cc1. The molecule has 5 nitrogen and oxygen atoms in total. The lowest BCUT2D eigenvalue weighted by molar-refractivity contribution is 0.669. The number of rotatable bonds is 6. The third kappa shape index (κ3) is 5.62. The maximum absolute atomic E-state index is 6.49. The number of hydrogen-bond acceptors (Lipinski definition) is 5. The van der Waals surface area contributed by atoms with Crippen molar-refractivity contribution in [2.45, 2.75) is 0 Å². The second-order valence-corrected chi connectivity index (χ2v) is 14.0. The quantitative estimate of drug-likeness (QED) is 0.171. The average Bonchev–Trinajstić information content (AvgIpc) is 3.84. The summed E-state index contributed by atoms with van der Waals surface area (Å²) in [4.78, 5) is 15.2. The van der Waals surface area contributed by atoms with Gasteiger partial charge in [-0.25, -0.2) is 15.0 Å². The Morgan fingerprint density at radius 2 is 0.500 bits per heavy atom. The monoisotopic (exact) mass is 717 g/mol. The minimum atomic E-state index is 0.557. The molecule has 0 aliphatic carbocycles. The number of hydrogen-bond donors (Lipinski definition) is 0. The molecule has 0 radical (unpaired) electrons. The number of furan rings is 2. The highest BCUT2D eigenvalue weighted by atomic mass is 16.3.